The van der Waals surface area contributed by atoms with Gasteiger partial charge in [-0.1, -0.05) is 30.3 Å². The van der Waals surface area contributed by atoms with Crippen molar-refractivity contribution in [3.05, 3.63) is 77.1 Å². The Bertz CT molecular complexity index is 1960. The van der Waals surface area contributed by atoms with Gasteiger partial charge in [0.25, 0.3) is 10.1 Å². The number of carbonyl (C=O) groups is 1. The van der Waals surface area contributed by atoms with Crippen LogP contribution in [0.3, 0.4) is 0 Å². The van der Waals surface area contributed by atoms with Crippen LogP contribution in [0.5, 0.6) is 5.75 Å². The Hall–Kier alpha value is -4.80. The Morgan fingerprint density at radius 1 is 0.958 bits per heavy atom. The zero-order chi connectivity index (χ0) is 35.1. The number of likely N-dealkylation sites (N-methyl/N-ethyl adjacent to an activating group) is 1. The normalized spacial score (nSPS) is 13.3. The van der Waals surface area contributed by atoms with E-state index in [1.807, 2.05) is 6.92 Å². The largest absolute Gasteiger partial charge is 0.504 e. The van der Waals surface area contributed by atoms with E-state index in [0.29, 0.717) is 18.4 Å². The number of hydrogen-bond acceptors (Lipinski definition) is 16. The first-order valence-electron chi connectivity index (χ1n) is 13.5. The summed E-state index contributed by atoms with van der Waals surface area (Å²) < 4.78 is 63.1. The second-order valence-electron chi connectivity index (χ2n) is 9.79. The SMILES string of the molecule is CNCC(C)Nc1nc(Cl)nc(Nc2cc(S(=O)(=O)O)cc(NN=C(N=Nc3cc(S(O)(O)O)ccc3C=O)c3ccccc3)c2O)n1. The van der Waals surface area contributed by atoms with Gasteiger partial charge in [0.1, 0.15) is 16.6 Å². The second-order valence-corrected chi connectivity index (χ2v) is 13.1. The predicted molar refractivity (Wildman–Crippen MR) is 180 cm³/mol. The van der Waals surface area contributed by atoms with Crippen LogP contribution in [0.2, 0.25) is 5.28 Å². The fraction of sp³-hybridized carbons (Fsp3) is 0.148. The van der Waals surface area contributed by atoms with E-state index in [9.17, 15) is 36.5 Å². The molecule has 0 amide bonds. The molecule has 9 N–H and O–H groups in total. The van der Waals surface area contributed by atoms with Crippen molar-refractivity contribution in [3.63, 3.8) is 0 Å². The summed E-state index contributed by atoms with van der Waals surface area (Å²) in [7, 11) is -7.20. The molecule has 18 nitrogen and oxygen atoms in total. The molecule has 3 aromatic carbocycles. The van der Waals surface area contributed by atoms with E-state index < -0.39 is 31.6 Å². The number of aromatic nitrogens is 3. The Morgan fingerprint density at radius 3 is 2.29 bits per heavy atom. The van der Waals surface area contributed by atoms with E-state index in [0.717, 1.165) is 24.3 Å². The Labute approximate surface area is 280 Å². The third-order valence-electron chi connectivity index (χ3n) is 6.13. The van der Waals surface area contributed by atoms with Gasteiger partial charge in [-0.2, -0.15) is 28.5 Å². The molecular weight excluding hydrogens is 692 g/mol. The Balaban J connectivity index is 1.75. The lowest BCUT2D eigenvalue weighted by atomic mass is 10.2. The van der Waals surface area contributed by atoms with E-state index in [2.05, 4.69) is 51.7 Å². The standard InChI is InChI=1S/C27H29ClN10O8S2/c1-15(13-29-2)30-26-32-25(28)33-27(34-26)31-21-11-19(48(44,45)46)12-22(23(21)40)36-38-24(16-6-4-3-5-7-16)37-35-20-10-18(47(41,42)43)9-8-17(20)14-39/h3-12,14-15,29,36,40-43H,13H2,1-2H3,(H,44,45,46)(H2,30,31,32,33,34). The summed E-state index contributed by atoms with van der Waals surface area (Å²) >= 11 is 6.06. The average molecular weight is 721 g/mol. The molecule has 0 radical (unpaired) electrons. The maximum absolute atomic E-state index is 12.2. The molecule has 254 valence electrons. The Kier molecular flexibility index (Phi) is 11.6. The average Bonchev–Trinajstić information content (AvgIpc) is 3.01. The molecule has 1 atom stereocenters. The van der Waals surface area contributed by atoms with Crippen molar-refractivity contribution in [1.29, 1.82) is 0 Å². The van der Waals surface area contributed by atoms with E-state index in [-0.39, 0.29) is 56.6 Å². The maximum atomic E-state index is 12.2. The van der Waals surface area contributed by atoms with Gasteiger partial charge in [-0.15, -0.1) is 10.2 Å². The summed E-state index contributed by atoms with van der Waals surface area (Å²) in [6.07, 6.45) is 0.438. The van der Waals surface area contributed by atoms with E-state index in [4.69, 9.17) is 11.6 Å². The first-order valence-corrected chi connectivity index (χ1v) is 16.8. The van der Waals surface area contributed by atoms with Crippen LogP contribution < -0.4 is 21.4 Å². The number of halogens is 1. The number of hydrazone groups is 1. The minimum absolute atomic E-state index is 0.00554. The Morgan fingerprint density at radius 2 is 1.65 bits per heavy atom. The maximum Gasteiger partial charge on any atom is 0.294 e. The number of rotatable bonds is 13. The van der Waals surface area contributed by atoms with Crippen molar-refractivity contribution in [2.24, 2.45) is 15.3 Å². The topological polar surface area (TPSA) is 276 Å². The number of azo groups is 1. The van der Waals surface area contributed by atoms with Gasteiger partial charge in [-0.05, 0) is 55.9 Å². The first kappa shape index (κ1) is 36.0. The number of nitrogens with one attached hydrogen (secondary N) is 4. The summed E-state index contributed by atoms with van der Waals surface area (Å²) in [5, 5.41) is 31.7. The quantitative estimate of drug-likeness (QED) is 0.0163. The van der Waals surface area contributed by atoms with E-state index in [1.165, 1.54) is 6.07 Å². The minimum Gasteiger partial charge on any atom is -0.504 e. The van der Waals surface area contributed by atoms with Gasteiger partial charge < -0.3 is 34.7 Å². The highest BCUT2D eigenvalue weighted by molar-refractivity contribution is 8.19. The number of carbonyl (C=O) groups excluding carboxylic acids is 1. The third-order valence-corrected chi connectivity index (χ3v) is 8.02. The molecule has 21 heteroatoms. The number of phenols is 1. The molecule has 0 spiro atoms. The molecule has 0 saturated carbocycles. The highest BCUT2D eigenvalue weighted by atomic mass is 35.5. The number of benzene rings is 3. The fourth-order valence-corrected chi connectivity index (χ4v) is 5.15. The van der Waals surface area contributed by atoms with Gasteiger partial charge in [0, 0.05) is 23.7 Å². The molecule has 4 rings (SSSR count). The fourth-order valence-electron chi connectivity index (χ4n) is 3.93. The first-order chi connectivity index (χ1) is 22.7. The third kappa shape index (κ3) is 9.62. The molecule has 0 aliphatic heterocycles. The van der Waals surface area contributed by atoms with Gasteiger partial charge in [0.2, 0.25) is 23.0 Å². The summed E-state index contributed by atoms with van der Waals surface area (Å²) in [6.45, 7) is 2.41. The van der Waals surface area contributed by atoms with Crippen LogP contribution in [0, 0.1) is 0 Å². The number of amidine groups is 1. The van der Waals surface area contributed by atoms with Crippen LogP contribution in [0.15, 0.2) is 85.8 Å². The van der Waals surface area contributed by atoms with Crippen LogP contribution in [0.4, 0.5) is 29.0 Å². The molecule has 4 aromatic rings. The van der Waals surface area contributed by atoms with Crippen molar-refractivity contribution in [2.75, 3.05) is 29.7 Å². The van der Waals surface area contributed by atoms with Crippen molar-refractivity contribution < 1.29 is 36.5 Å². The molecule has 0 aliphatic carbocycles. The van der Waals surface area contributed by atoms with Crippen molar-refractivity contribution in [3.8, 4) is 5.75 Å². The number of aldehydes is 1. The zero-order valence-electron chi connectivity index (χ0n) is 25.0. The lowest BCUT2D eigenvalue weighted by Gasteiger charge is -2.19. The van der Waals surface area contributed by atoms with Gasteiger partial charge >= 0.3 is 0 Å². The molecule has 0 bridgehead atoms. The number of aromatic hydroxyl groups is 1. The van der Waals surface area contributed by atoms with Gasteiger partial charge in [0.05, 0.1) is 21.2 Å². The molecular formula is C27H29ClN10O8S2. The van der Waals surface area contributed by atoms with Crippen LogP contribution in [-0.2, 0) is 10.1 Å². The van der Waals surface area contributed by atoms with Crippen LogP contribution in [-0.4, -0.2) is 78.4 Å². The summed E-state index contributed by atoms with van der Waals surface area (Å²) in [6, 6.07) is 13.3. The number of anilines is 4. The van der Waals surface area contributed by atoms with E-state index in [1.54, 1.807) is 37.4 Å². The van der Waals surface area contributed by atoms with Crippen molar-refractivity contribution >= 4 is 73.7 Å². The molecule has 0 saturated heterocycles. The molecule has 1 aromatic heterocycles. The lowest BCUT2D eigenvalue weighted by molar-refractivity contribution is 0.112. The van der Waals surface area contributed by atoms with E-state index >= 15 is 0 Å². The molecule has 48 heavy (non-hydrogen) atoms. The smallest absolute Gasteiger partial charge is 0.294 e. The van der Waals surface area contributed by atoms with Crippen LogP contribution >= 0.6 is 22.5 Å². The number of nitrogens with zero attached hydrogens (tertiary/aromatic N) is 6. The molecule has 0 aliphatic rings. The molecule has 0 fully saturated rings. The monoisotopic (exact) mass is 720 g/mol. The lowest BCUT2D eigenvalue weighted by Crippen LogP contribution is -2.28. The highest BCUT2D eigenvalue weighted by Gasteiger charge is 2.20. The van der Waals surface area contributed by atoms with Crippen molar-refractivity contribution in [1.82, 2.24) is 20.3 Å². The van der Waals surface area contributed by atoms with Gasteiger partial charge in [0.15, 0.2) is 12.0 Å². The summed E-state index contributed by atoms with van der Waals surface area (Å²) in [5.41, 5.74) is 2.10. The predicted octanol–water partition coefficient (Wildman–Crippen LogP) is 5.19. The van der Waals surface area contributed by atoms with Crippen LogP contribution in [0.1, 0.15) is 22.8 Å². The number of phenolic OH excluding ortho intramolecular Hbond substituents is 1. The second kappa shape index (κ2) is 15.4. The van der Waals surface area contributed by atoms with Gasteiger partial charge in [-0.25, -0.2) is 0 Å². The summed E-state index contributed by atoms with van der Waals surface area (Å²) in [4.78, 5) is 22.8. The van der Waals surface area contributed by atoms with Crippen LogP contribution in [0.25, 0.3) is 0 Å². The summed E-state index contributed by atoms with van der Waals surface area (Å²) in [5.74, 6) is -0.846. The zero-order valence-corrected chi connectivity index (χ0v) is 27.4. The molecule has 1 unspecified atom stereocenters. The van der Waals surface area contributed by atoms with Gasteiger partial charge in [-0.3, -0.25) is 14.8 Å². The number of hydrogen-bond donors (Lipinski definition) is 9. The minimum atomic E-state index is -4.83. The highest BCUT2D eigenvalue weighted by Crippen LogP contribution is 2.45. The van der Waals surface area contributed by atoms with Crippen molar-refractivity contribution in [2.45, 2.75) is 22.8 Å². The molecule has 1 heterocycles.